The molecule has 0 aromatic carbocycles. The zero-order chi connectivity index (χ0) is 13.8. The number of halogens is 1. The summed E-state index contributed by atoms with van der Waals surface area (Å²) < 4.78 is 0.747. The number of carboxylic acid groups (broad SMARTS) is 1. The fourth-order valence-electron chi connectivity index (χ4n) is 1.38. The van der Waals surface area contributed by atoms with Crippen molar-refractivity contribution in [1.82, 2.24) is 9.97 Å². The molecule has 0 saturated carbocycles. The van der Waals surface area contributed by atoms with Gasteiger partial charge in [0.2, 0.25) is 0 Å². The Bertz CT molecular complexity index is 628. The monoisotopic (exact) mass is 321 g/mol. The van der Waals surface area contributed by atoms with E-state index in [0.29, 0.717) is 0 Å². The van der Waals surface area contributed by atoms with Crippen LogP contribution in [0.4, 0.5) is 5.69 Å². The molecule has 2 aromatic heterocycles. The molecule has 2 N–H and O–H groups in total. The van der Waals surface area contributed by atoms with E-state index in [1.165, 1.54) is 30.7 Å². The van der Waals surface area contributed by atoms with Crippen LogP contribution in [0.5, 0.6) is 0 Å². The van der Waals surface area contributed by atoms with Gasteiger partial charge in [-0.2, -0.15) is 0 Å². The maximum absolute atomic E-state index is 11.9. The van der Waals surface area contributed by atoms with Crippen LogP contribution in [0, 0.1) is 0 Å². The number of pyridine rings is 2. The van der Waals surface area contributed by atoms with Crippen LogP contribution in [0.1, 0.15) is 20.8 Å². The van der Waals surface area contributed by atoms with E-state index in [9.17, 15) is 9.59 Å². The van der Waals surface area contributed by atoms with Crippen molar-refractivity contribution in [2.24, 2.45) is 0 Å². The Morgan fingerprint density at radius 1 is 1.21 bits per heavy atom. The molecule has 0 radical (unpaired) electrons. The fraction of sp³-hybridized carbons (Fsp3) is 0. The van der Waals surface area contributed by atoms with Crippen LogP contribution in [0.2, 0.25) is 0 Å². The second kappa shape index (κ2) is 5.57. The van der Waals surface area contributed by atoms with E-state index in [1.54, 1.807) is 6.07 Å². The van der Waals surface area contributed by atoms with Gasteiger partial charge >= 0.3 is 5.97 Å². The van der Waals surface area contributed by atoms with Crippen LogP contribution in [-0.4, -0.2) is 27.0 Å². The first-order chi connectivity index (χ1) is 9.08. The molecular weight excluding hydrogens is 314 g/mol. The standard InChI is InChI=1S/C12H8BrN3O3/c13-7-1-2-9(15-5-7)11(17)16-10-6-14-4-3-8(10)12(18)19/h1-6H,(H,16,17)(H,18,19). The van der Waals surface area contributed by atoms with Gasteiger partial charge in [-0.15, -0.1) is 0 Å². The molecule has 0 aliphatic heterocycles. The van der Waals surface area contributed by atoms with Gasteiger partial charge in [-0.3, -0.25) is 9.78 Å². The van der Waals surface area contributed by atoms with Crippen molar-refractivity contribution >= 4 is 33.5 Å². The number of aromatic carboxylic acids is 1. The van der Waals surface area contributed by atoms with Crippen molar-refractivity contribution < 1.29 is 14.7 Å². The highest BCUT2D eigenvalue weighted by Gasteiger charge is 2.14. The number of carbonyl (C=O) groups is 2. The minimum absolute atomic E-state index is 0.0274. The number of carbonyl (C=O) groups excluding carboxylic acids is 1. The summed E-state index contributed by atoms with van der Waals surface area (Å²) in [7, 11) is 0. The van der Waals surface area contributed by atoms with Gasteiger partial charge in [-0.25, -0.2) is 9.78 Å². The van der Waals surface area contributed by atoms with E-state index in [0.717, 1.165) is 4.47 Å². The van der Waals surface area contributed by atoms with E-state index in [4.69, 9.17) is 5.11 Å². The summed E-state index contributed by atoms with van der Waals surface area (Å²) in [6, 6.07) is 4.51. The number of hydrogen-bond donors (Lipinski definition) is 2. The van der Waals surface area contributed by atoms with Crippen LogP contribution in [0.15, 0.2) is 41.3 Å². The molecule has 0 unspecified atom stereocenters. The fourth-order valence-corrected chi connectivity index (χ4v) is 1.61. The average Bonchev–Trinajstić information content (AvgIpc) is 2.39. The van der Waals surface area contributed by atoms with Gasteiger partial charge in [0.05, 0.1) is 17.4 Å². The van der Waals surface area contributed by atoms with Crippen molar-refractivity contribution in [3.05, 3.63) is 52.5 Å². The average molecular weight is 322 g/mol. The third kappa shape index (κ3) is 3.14. The number of anilines is 1. The minimum atomic E-state index is -1.14. The van der Waals surface area contributed by atoms with Gasteiger partial charge in [-0.1, -0.05) is 0 Å². The number of rotatable bonds is 3. The van der Waals surface area contributed by atoms with Crippen LogP contribution >= 0.6 is 15.9 Å². The first-order valence-electron chi connectivity index (χ1n) is 5.18. The first-order valence-corrected chi connectivity index (χ1v) is 5.97. The lowest BCUT2D eigenvalue weighted by atomic mass is 10.2. The number of nitrogens with zero attached hydrogens (tertiary/aromatic N) is 2. The molecule has 19 heavy (non-hydrogen) atoms. The van der Waals surface area contributed by atoms with E-state index in [1.807, 2.05) is 0 Å². The molecule has 0 fully saturated rings. The van der Waals surface area contributed by atoms with Gasteiger partial charge in [0.1, 0.15) is 5.69 Å². The lowest BCUT2D eigenvalue weighted by molar-refractivity contribution is 0.0698. The molecule has 6 nitrogen and oxygen atoms in total. The van der Waals surface area contributed by atoms with E-state index in [-0.39, 0.29) is 16.9 Å². The summed E-state index contributed by atoms with van der Waals surface area (Å²) in [6.07, 6.45) is 4.10. The summed E-state index contributed by atoms with van der Waals surface area (Å²) in [5.74, 6) is -1.63. The highest BCUT2D eigenvalue weighted by Crippen LogP contribution is 2.15. The number of aromatic nitrogens is 2. The second-order valence-corrected chi connectivity index (χ2v) is 4.46. The predicted molar refractivity (Wildman–Crippen MR) is 71.1 cm³/mol. The van der Waals surface area contributed by atoms with E-state index in [2.05, 4.69) is 31.2 Å². The Morgan fingerprint density at radius 3 is 2.63 bits per heavy atom. The lowest BCUT2D eigenvalue weighted by Gasteiger charge is -2.07. The predicted octanol–water partition coefficient (Wildman–Crippen LogP) is 2.19. The maximum Gasteiger partial charge on any atom is 0.337 e. The molecule has 0 aliphatic carbocycles. The SMILES string of the molecule is O=C(Nc1cnccc1C(=O)O)c1ccc(Br)cn1. The summed E-state index contributed by atoms with van der Waals surface area (Å²) in [4.78, 5) is 30.6. The maximum atomic E-state index is 11.9. The molecule has 0 bridgehead atoms. The summed E-state index contributed by atoms with van der Waals surface area (Å²) in [5.41, 5.74) is 0.286. The van der Waals surface area contributed by atoms with E-state index < -0.39 is 11.9 Å². The Morgan fingerprint density at radius 2 is 2.00 bits per heavy atom. The van der Waals surface area contributed by atoms with Crippen LogP contribution in [-0.2, 0) is 0 Å². The summed E-state index contributed by atoms with van der Waals surface area (Å²) >= 11 is 3.21. The number of amides is 1. The molecule has 2 aromatic rings. The molecule has 1 amide bonds. The third-order valence-corrected chi connectivity index (χ3v) is 2.73. The van der Waals surface area contributed by atoms with Crippen LogP contribution in [0.25, 0.3) is 0 Å². The summed E-state index contributed by atoms with van der Waals surface area (Å²) in [6.45, 7) is 0. The first kappa shape index (κ1) is 13.2. The highest BCUT2D eigenvalue weighted by molar-refractivity contribution is 9.10. The largest absolute Gasteiger partial charge is 0.478 e. The number of nitrogens with one attached hydrogen (secondary N) is 1. The van der Waals surface area contributed by atoms with Crippen molar-refractivity contribution in [2.45, 2.75) is 0 Å². The molecule has 0 saturated heterocycles. The topological polar surface area (TPSA) is 92.2 Å². The number of hydrogen-bond acceptors (Lipinski definition) is 4. The Labute approximate surface area is 116 Å². The molecule has 2 heterocycles. The zero-order valence-corrected chi connectivity index (χ0v) is 11.1. The van der Waals surface area contributed by atoms with Crippen molar-refractivity contribution in [1.29, 1.82) is 0 Å². The molecule has 2 rings (SSSR count). The van der Waals surface area contributed by atoms with Crippen molar-refractivity contribution in [2.75, 3.05) is 5.32 Å². The molecular formula is C12H8BrN3O3. The van der Waals surface area contributed by atoms with Crippen molar-refractivity contribution in [3.63, 3.8) is 0 Å². The molecule has 0 spiro atoms. The van der Waals surface area contributed by atoms with Crippen LogP contribution < -0.4 is 5.32 Å². The van der Waals surface area contributed by atoms with Crippen LogP contribution in [0.3, 0.4) is 0 Å². The Balaban J connectivity index is 2.24. The third-order valence-electron chi connectivity index (χ3n) is 2.26. The van der Waals surface area contributed by atoms with E-state index >= 15 is 0 Å². The van der Waals surface area contributed by atoms with Gasteiger partial charge in [0.15, 0.2) is 0 Å². The lowest BCUT2D eigenvalue weighted by Crippen LogP contribution is -2.16. The molecule has 0 aliphatic rings. The van der Waals surface area contributed by atoms with Gasteiger partial charge in [0, 0.05) is 16.9 Å². The molecule has 96 valence electrons. The highest BCUT2D eigenvalue weighted by atomic mass is 79.9. The summed E-state index contributed by atoms with van der Waals surface area (Å²) in [5, 5.41) is 11.5. The second-order valence-electron chi connectivity index (χ2n) is 3.54. The molecule has 7 heteroatoms. The quantitative estimate of drug-likeness (QED) is 0.904. The smallest absolute Gasteiger partial charge is 0.337 e. The minimum Gasteiger partial charge on any atom is -0.478 e. The Hall–Kier alpha value is -2.28. The zero-order valence-electron chi connectivity index (χ0n) is 9.50. The normalized spacial score (nSPS) is 9.95. The van der Waals surface area contributed by atoms with Crippen molar-refractivity contribution in [3.8, 4) is 0 Å². The van der Waals surface area contributed by atoms with Gasteiger partial charge in [-0.05, 0) is 34.1 Å². The van der Waals surface area contributed by atoms with Gasteiger partial charge < -0.3 is 10.4 Å². The molecule has 0 atom stereocenters. The Kier molecular flexibility index (Phi) is 3.86. The van der Waals surface area contributed by atoms with Gasteiger partial charge in [0.25, 0.3) is 5.91 Å². The number of carboxylic acids is 1.